The fraction of sp³-hybridized carbons (Fsp3) is 0.0667. The van der Waals surface area contributed by atoms with Crippen molar-refractivity contribution in [2.45, 2.75) is 6.18 Å². The fourth-order valence-corrected chi connectivity index (χ4v) is 1.60. The van der Waals surface area contributed by atoms with Crippen LogP contribution in [0, 0.1) is 0 Å². The summed E-state index contributed by atoms with van der Waals surface area (Å²) in [5, 5.41) is 0. The van der Waals surface area contributed by atoms with Gasteiger partial charge in [-0.25, -0.2) is 4.79 Å². The summed E-state index contributed by atoms with van der Waals surface area (Å²) in [7, 11) is 0. The van der Waals surface area contributed by atoms with Gasteiger partial charge in [0.05, 0.1) is 11.1 Å². The average Bonchev–Trinajstić information content (AvgIpc) is 2.52. The maximum atomic E-state index is 12.4. The number of hydrogen-bond acceptors (Lipinski definition) is 3. The number of benzene rings is 2. The average molecular weight is 309 g/mol. The lowest BCUT2D eigenvalue weighted by atomic mass is 10.1. The largest absolute Gasteiger partial charge is 0.416 e. The van der Waals surface area contributed by atoms with Gasteiger partial charge in [0, 0.05) is 5.56 Å². The van der Waals surface area contributed by atoms with E-state index < -0.39 is 23.6 Å². The van der Waals surface area contributed by atoms with Gasteiger partial charge in [0.25, 0.3) is 5.91 Å². The molecule has 7 heteroatoms. The molecule has 0 saturated carbocycles. The third kappa shape index (κ3) is 3.85. The van der Waals surface area contributed by atoms with Gasteiger partial charge < -0.3 is 4.84 Å². The first-order valence-electron chi connectivity index (χ1n) is 6.12. The lowest BCUT2D eigenvalue weighted by molar-refractivity contribution is -0.137. The van der Waals surface area contributed by atoms with E-state index in [1.165, 1.54) is 12.1 Å². The van der Waals surface area contributed by atoms with Gasteiger partial charge >= 0.3 is 12.1 Å². The highest BCUT2D eigenvalue weighted by Gasteiger charge is 2.30. The minimum absolute atomic E-state index is 0.0612. The van der Waals surface area contributed by atoms with Gasteiger partial charge in [-0.3, -0.25) is 4.79 Å². The first kappa shape index (κ1) is 15.6. The van der Waals surface area contributed by atoms with E-state index in [9.17, 15) is 22.8 Å². The SMILES string of the molecule is O=C(NOC(=O)c1ccccc1)c1ccc(C(F)(F)F)cc1. The molecule has 0 aromatic heterocycles. The van der Waals surface area contributed by atoms with E-state index in [0.29, 0.717) is 0 Å². The molecule has 4 nitrogen and oxygen atoms in total. The van der Waals surface area contributed by atoms with E-state index in [1.54, 1.807) is 18.2 Å². The highest BCUT2D eigenvalue weighted by Crippen LogP contribution is 2.29. The first-order valence-corrected chi connectivity index (χ1v) is 6.12. The Morgan fingerprint density at radius 1 is 0.864 bits per heavy atom. The zero-order chi connectivity index (χ0) is 16.2. The molecule has 114 valence electrons. The molecule has 22 heavy (non-hydrogen) atoms. The van der Waals surface area contributed by atoms with Gasteiger partial charge in [-0.15, -0.1) is 0 Å². The summed E-state index contributed by atoms with van der Waals surface area (Å²) < 4.78 is 37.2. The number of rotatable bonds is 2. The van der Waals surface area contributed by atoms with Crippen molar-refractivity contribution >= 4 is 11.9 Å². The standard InChI is InChI=1S/C15H10F3NO3/c16-15(17,18)12-8-6-10(7-9-12)13(20)19-22-14(21)11-4-2-1-3-5-11/h1-9H,(H,19,20). The Balaban J connectivity index is 1.97. The molecule has 0 fully saturated rings. The Labute approximate surface area is 123 Å². The van der Waals surface area contributed by atoms with Crippen molar-refractivity contribution in [3.63, 3.8) is 0 Å². The summed E-state index contributed by atoms with van der Waals surface area (Å²) in [5.74, 6) is -1.60. The van der Waals surface area contributed by atoms with Crippen molar-refractivity contribution in [2.75, 3.05) is 0 Å². The van der Waals surface area contributed by atoms with Crippen molar-refractivity contribution in [1.82, 2.24) is 5.48 Å². The molecule has 0 atom stereocenters. The Bertz CT molecular complexity index is 667. The minimum atomic E-state index is -4.48. The lowest BCUT2D eigenvalue weighted by Gasteiger charge is -2.08. The topological polar surface area (TPSA) is 55.4 Å². The maximum Gasteiger partial charge on any atom is 0.416 e. The molecule has 2 rings (SSSR count). The molecule has 0 aliphatic rings. The molecule has 0 bridgehead atoms. The second-order valence-electron chi connectivity index (χ2n) is 4.26. The Hall–Kier alpha value is -2.83. The predicted octanol–water partition coefficient (Wildman–Crippen LogP) is 3.21. The number of halogens is 3. The normalized spacial score (nSPS) is 10.9. The molecule has 1 amide bonds. The van der Waals surface area contributed by atoms with Crippen molar-refractivity contribution in [3.8, 4) is 0 Å². The highest BCUT2D eigenvalue weighted by molar-refractivity contribution is 5.95. The van der Waals surface area contributed by atoms with E-state index in [-0.39, 0.29) is 11.1 Å². The van der Waals surface area contributed by atoms with Crippen LogP contribution in [0.5, 0.6) is 0 Å². The van der Waals surface area contributed by atoms with Gasteiger partial charge in [0.15, 0.2) is 0 Å². The van der Waals surface area contributed by atoms with Crippen LogP contribution in [0.4, 0.5) is 13.2 Å². The Morgan fingerprint density at radius 3 is 2.00 bits per heavy atom. The highest BCUT2D eigenvalue weighted by atomic mass is 19.4. The summed E-state index contributed by atoms with van der Waals surface area (Å²) >= 11 is 0. The van der Waals surface area contributed by atoms with E-state index >= 15 is 0 Å². The van der Waals surface area contributed by atoms with Gasteiger partial charge in [-0.2, -0.15) is 18.7 Å². The fourth-order valence-electron chi connectivity index (χ4n) is 1.60. The van der Waals surface area contributed by atoms with E-state index in [4.69, 9.17) is 0 Å². The number of hydrogen-bond donors (Lipinski definition) is 1. The van der Waals surface area contributed by atoms with Crippen LogP contribution in [0.2, 0.25) is 0 Å². The minimum Gasteiger partial charge on any atom is -0.335 e. The number of amides is 1. The molecule has 0 aliphatic carbocycles. The molecule has 0 radical (unpaired) electrons. The molecule has 0 saturated heterocycles. The van der Waals surface area contributed by atoms with Crippen molar-refractivity contribution in [3.05, 3.63) is 71.3 Å². The molecule has 0 heterocycles. The maximum absolute atomic E-state index is 12.4. The van der Waals surface area contributed by atoms with Gasteiger partial charge in [-0.05, 0) is 36.4 Å². The molecule has 1 N–H and O–H groups in total. The second kappa shape index (κ2) is 6.30. The predicted molar refractivity (Wildman–Crippen MR) is 70.8 cm³/mol. The van der Waals surface area contributed by atoms with Crippen LogP contribution >= 0.6 is 0 Å². The van der Waals surface area contributed by atoms with E-state index in [1.807, 2.05) is 5.48 Å². The Kier molecular flexibility index (Phi) is 4.45. The zero-order valence-corrected chi connectivity index (χ0v) is 11.1. The van der Waals surface area contributed by atoms with Crippen LogP contribution in [0.15, 0.2) is 54.6 Å². The lowest BCUT2D eigenvalue weighted by Crippen LogP contribution is -2.27. The quantitative estimate of drug-likeness (QED) is 0.867. The molecule has 2 aromatic carbocycles. The molecular formula is C15H10F3NO3. The number of nitrogens with one attached hydrogen (secondary N) is 1. The summed E-state index contributed by atoms with van der Waals surface area (Å²) in [4.78, 5) is 27.8. The van der Waals surface area contributed by atoms with E-state index in [0.717, 1.165) is 24.3 Å². The number of hydroxylamine groups is 1. The zero-order valence-electron chi connectivity index (χ0n) is 11.1. The first-order chi connectivity index (χ1) is 10.4. The summed E-state index contributed by atoms with van der Waals surface area (Å²) in [6.07, 6.45) is -4.48. The van der Waals surface area contributed by atoms with Gasteiger partial charge in [-0.1, -0.05) is 18.2 Å². The molecule has 0 aliphatic heterocycles. The van der Waals surface area contributed by atoms with Crippen molar-refractivity contribution < 1.29 is 27.6 Å². The number of carbonyl (C=O) groups excluding carboxylic acids is 2. The number of alkyl halides is 3. The third-order valence-electron chi connectivity index (χ3n) is 2.72. The van der Waals surface area contributed by atoms with Crippen LogP contribution in [0.3, 0.4) is 0 Å². The number of carbonyl (C=O) groups is 2. The molecule has 0 spiro atoms. The molecule has 2 aromatic rings. The van der Waals surface area contributed by atoms with Crippen LogP contribution in [-0.2, 0) is 11.0 Å². The summed E-state index contributed by atoms with van der Waals surface area (Å²) in [6, 6.07) is 11.5. The smallest absolute Gasteiger partial charge is 0.335 e. The second-order valence-corrected chi connectivity index (χ2v) is 4.26. The van der Waals surface area contributed by atoms with Gasteiger partial charge in [0.1, 0.15) is 0 Å². The Morgan fingerprint density at radius 2 is 1.45 bits per heavy atom. The molecule has 0 unspecified atom stereocenters. The van der Waals surface area contributed by atoms with E-state index in [2.05, 4.69) is 4.84 Å². The summed E-state index contributed by atoms with van der Waals surface area (Å²) in [6.45, 7) is 0. The van der Waals surface area contributed by atoms with Crippen LogP contribution in [0.1, 0.15) is 26.3 Å². The van der Waals surface area contributed by atoms with Crippen LogP contribution in [0.25, 0.3) is 0 Å². The van der Waals surface area contributed by atoms with Crippen LogP contribution < -0.4 is 5.48 Å². The van der Waals surface area contributed by atoms with Crippen molar-refractivity contribution in [1.29, 1.82) is 0 Å². The monoisotopic (exact) mass is 309 g/mol. The summed E-state index contributed by atoms with van der Waals surface area (Å²) in [5.41, 5.74) is 1.19. The van der Waals surface area contributed by atoms with Crippen molar-refractivity contribution in [2.24, 2.45) is 0 Å². The van der Waals surface area contributed by atoms with Gasteiger partial charge in [0.2, 0.25) is 0 Å². The van der Waals surface area contributed by atoms with Crippen LogP contribution in [-0.4, -0.2) is 11.9 Å². The molecular weight excluding hydrogens is 299 g/mol. The third-order valence-corrected chi connectivity index (χ3v) is 2.72.